The third-order valence-corrected chi connectivity index (χ3v) is 6.93. The number of carbonyl (C=O) groups excluding carboxylic acids is 3. The van der Waals surface area contributed by atoms with Crippen LogP contribution in [0.3, 0.4) is 0 Å². The Hall–Kier alpha value is -3.26. The zero-order valence-electron chi connectivity index (χ0n) is 19.1. The Kier molecular flexibility index (Phi) is 6.47. The number of benzene rings is 2. The van der Waals surface area contributed by atoms with Gasteiger partial charge in [-0.1, -0.05) is 32.8 Å². The van der Waals surface area contributed by atoms with Gasteiger partial charge in [0.15, 0.2) is 0 Å². The van der Waals surface area contributed by atoms with E-state index >= 15 is 0 Å². The van der Waals surface area contributed by atoms with E-state index < -0.39 is 17.5 Å². The van der Waals surface area contributed by atoms with Crippen molar-refractivity contribution in [2.75, 3.05) is 11.9 Å². The summed E-state index contributed by atoms with van der Waals surface area (Å²) in [5.74, 6) is -0.724. The lowest BCUT2D eigenvalue weighted by Gasteiger charge is -2.25. The fraction of sp³-hybridized carbons (Fsp3) is 0.360. The number of anilines is 1. The van der Waals surface area contributed by atoms with Crippen LogP contribution in [0.2, 0.25) is 0 Å². The number of amides is 4. The van der Waals surface area contributed by atoms with Gasteiger partial charge in [0.2, 0.25) is 5.91 Å². The van der Waals surface area contributed by atoms with Crippen LogP contribution in [0.4, 0.5) is 10.5 Å². The Labute approximate surface area is 197 Å². The smallest absolute Gasteiger partial charge is 0.325 e. The largest absolute Gasteiger partial charge is 0.325 e. The Bertz CT molecular complexity index is 1200. The van der Waals surface area contributed by atoms with Gasteiger partial charge in [-0.05, 0) is 61.7 Å². The van der Waals surface area contributed by atoms with Crippen molar-refractivity contribution < 1.29 is 14.4 Å². The van der Waals surface area contributed by atoms with Crippen LogP contribution >= 0.6 is 11.3 Å². The lowest BCUT2D eigenvalue weighted by molar-refractivity contribution is -0.134. The second kappa shape index (κ2) is 9.31. The number of nitrogens with one attached hydrogen (secondary N) is 2. The molecule has 1 fully saturated rings. The number of thiazole rings is 1. The van der Waals surface area contributed by atoms with Gasteiger partial charge in [-0.2, -0.15) is 0 Å². The van der Waals surface area contributed by atoms with E-state index in [1.807, 2.05) is 38.1 Å². The molecule has 2 N–H and O–H groups in total. The third kappa shape index (κ3) is 4.61. The molecule has 0 saturated carbocycles. The highest BCUT2D eigenvalue weighted by atomic mass is 32.1. The molecular formula is C25H28N4O3S. The molecule has 0 aliphatic carbocycles. The van der Waals surface area contributed by atoms with Crippen LogP contribution in [-0.2, 0) is 9.59 Å². The van der Waals surface area contributed by atoms with E-state index in [0.717, 1.165) is 38.5 Å². The number of rotatable bonds is 8. The molecule has 1 aliphatic rings. The molecule has 1 saturated heterocycles. The fourth-order valence-corrected chi connectivity index (χ4v) is 5.40. The maximum atomic E-state index is 13.0. The molecule has 2 aromatic carbocycles. The Morgan fingerprint density at radius 2 is 1.79 bits per heavy atom. The van der Waals surface area contributed by atoms with Crippen LogP contribution in [0.1, 0.15) is 45.1 Å². The standard InChI is InChI=1S/C25H28N4O3S/c1-4-12-25(13-5-2)23(31)29(24(32)28-25)15-21(30)26-18-9-7-17(8-10-18)22-27-19-11-6-16(3)14-20(19)33-22/h6-11,14H,4-5,12-13,15H2,1-3H3,(H,26,30)(H,28,32). The molecule has 0 atom stereocenters. The maximum Gasteiger partial charge on any atom is 0.325 e. The number of carbonyl (C=O) groups is 3. The second-order valence-electron chi connectivity index (χ2n) is 8.52. The summed E-state index contributed by atoms with van der Waals surface area (Å²) >= 11 is 1.63. The third-order valence-electron chi connectivity index (χ3n) is 5.86. The van der Waals surface area contributed by atoms with E-state index in [1.165, 1.54) is 5.56 Å². The molecule has 0 radical (unpaired) electrons. The highest BCUT2D eigenvalue weighted by molar-refractivity contribution is 7.21. The van der Waals surface area contributed by atoms with Crippen LogP contribution < -0.4 is 10.6 Å². The van der Waals surface area contributed by atoms with Gasteiger partial charge >= 0.3 is 6.03 Å². The average molecular weight is 465 g/mol. The zero-order valence-corrected chi connectivity index (χ0v) is 19.9. The zero-order chi connectivity index (χ0) is 23.6. The van der Waals surface area contributed by atoms with Gasteiger partial charge < -0.3 is 10.6 Å². The lowest BCUT2D eigenvalue weighted by atomic mass is 9.88. The van der Waals surface area contributed by atoms with E-state index in [0.29, 0.717) is 18.5 Å². The summed E-state index contributed by atoms with van der Waals surface area (Å²) in [6, 6.07) is 13.1. The van der Waals surface area contributed by atoms with Crippen LogP contribution in [0, 0.1) is 6.92 Å². The Morgan fingerprint density at radius 1 is 1.09 bits per heavy atom. The van der Waals surface area contributed by atoms with Crippen LogP contribution in [0.5, 0.6) is 0 Å². The molecule has 0 unspecified atom stereocenters. The molecule has 8 heteroatoms. The first-order chi connectivity index (χ1) is 15.8. The number of urea groups is 1. The Morgan fingerprint density at radius 3 is 2.45 bits per heavy atom. The molecule has 7 nitrogen and oxygen atoms in total. The SMILES string of the molecule is CCCC1(CCC)NC(=O)N(CC(=O)Nc2ccc(-c3nc4ccc(C)cc4s3)cc2)C1=O. The minimum Gasteiger partial charge on any atom is -0.325 e. The van der Waals surface area contributed by atoms with Gasteiger partial charge in [0, 0.05) is 11.3 Å². The van der Waals surface area contributed by atoms with E-state index in [9.17, 15) is 14.4 Å². The number of aryl methyl sites for hydroxylation is 1. The van der Waals surface area contributed by atoms with Crippen molar-refractivity contribution in [2.45, 2.75) is 52.0 Å². The number of aromatic nitrogens is 1. The van der Waals surface area contributed by atoms with Crippen LogP contribution in [0.25, 0.3) is 20.8 Å². The van der Waals surface area contributed by atoms with Crippen molar-refractivity contribution in [3.05, 3.63) is 48.0 Å². The molecule has 4 amide bonds. The molecule has 33 heavy (non-hydrogen) atoms. The highest BCUT2D eigenvalue weighted by Crippen LogP contribution is 2.31. The average Bonchev–Trinajstić information content (AvgIpc) is 3.29. The first kappa shape index (κ1) is 22.9. The number of imide groups is 1. The van der Waals surface area contributed by atoms with Crippen molar-refractivity contribution in [1.82, 2.24) is 15.2 Å². The topological polar surface area (TPSA) is 91.4 Å². The van der Waals surface area contributed by atoms with Gasteiger partial charge in [-0.25, -0.2) is 9.78 Å². The summed E-state index contributed by atoms with van der Waals surface area (Å²) in [5, 5.41) is 6.53. The molecule has 3 aromatic rings. The van der Waals surface area contributed by atoms with E-state index in [4.69, 9.17) is 0 Å². The summed E-state index contributed by atoms with van der Waals surface area (Å²) in [7, 11) is 0. The van der Waals surface area contributed by atoms with Gasteiger partial charge in [-0.15, -0.1) is 11.3 Å². The summed E-state index contributed by atoms with van der Waals surface area (Å²) in [5.41, 5.74) is 2.83. The summed E-state index contributed by atoms with van der Waals surface area (Å²) < 4.78 is 1.14. The number of fused-ring (bicyclic) bond motifs is 1. The quantitative estimate of drug-likeness (QED) is 0.454. The maximum absolute atomic E-state index is 13.0. The molecule has 172 valence electrons. The minimum atomic E-state index is -0.891. The molecule has 0 bridgehead atoms. The van der Waals surface area contributed by atoms with Gasteiger partial charge in [0.05, 0.1) is 10.2 Å². The fourth-order valence-electron chi connectivity index (χ4n) is 4.33. The normalized spacial score (nSPS) is 15.2. The van der Waals surface area contributed by atoms with Gasteiger partial charge in [0.25, 0.3) is 5.91 Å². The summed E-state index contributed by atoms with van der Waals surface area (Å²) in [4.78, 5) is 43.7. The first-order valence-corrected chi connectivity index (χ1v) is 12.1. The van der Waals surface area contributed by atoms with E-state index in [2.05, 4.69) is 28.6 Å². The summed E-state index contributed by atoms with van der Waals surface area (Å²) in [6.45, 7) is 5.71. The molecule has 2 heterocycles. The van der Waals surface area contributed by atoms with Crippen molar-refractivity contribution >= 4 is 45.1 Å². The van der Waals surface area contributed by atoms with Crippen LogP contribution in [-0.4, -0.2) is 39.8 Å². The van der Waals surface area contributed by atoms with Crippen LogP contribution in [0.15, 0.2) is 42.5 Å². The first-order valence-electron chi connectivity index (χ1n) is 11.3. The Balaban J connectivity index is 1.42. The lowest BCUT2D eigenvalue weighted by Crippen LogP contribution is -2.47. The van der Waals surface area contributed by atoms with Crippen molar-refractivity contribution in [1.29, 1.82) is 0 Å². The molecular weight excluding hydrogens is 436 g/mol. The highest BCUT2D eigenvalue weighted by Gasteiger charge is 2.50. The van der Waals surface area contributed by atoms with E-state index in [1.54, 1.807) is 23.5 Å². The molecule has 0 spiro atoms. The number of nitrogens with zero attached hydrogens (tertiary/aromatic N) is 2. The molecule has 1 aliphatic heterocycles. The molecule has 1 aromatic heterocycles. The van der Waals surface area contributed by atoms with Crippen molar-refractivity contribution in [3.8, 4) is 10.6 Å². The van der Waals surface area contributed by atoms with Gasteiger partial charge in [0.1, 0.15) is 17.1 Å². The minimum absolute atomic E-state index is 0.307. The number of hydrogen-bond acceptors (Lipinski definition) is 5. The second-order valence-corrected chi connectivity index (χ2v) is 9.55. The predicted molar refractivity (Wildman–Crippen MR) is 131 cm³/mol. The number of hydrogen-bond donors (Lipinski definition) is 2. The monoisotopic (exact) mass is 464 g/mol. The van der Waals surface area contributed by atoms with Crippen molar-refractivity contribution in [3.63, 3.8) is 0 Å². The molecule has 4 rings (SSSR count). The van der Waals surface area contributed by atoms with E-state index in [-0.39, 0.29) is 12.5 Å². The predicted octanol–water partition coefficient (Wildman–Crippen LogP) is 5.10. The van der Waals surface area contributed by atoms with Gasteiger partial charge in [-0.3, -0.25) is 14.5 Å². The van der Waals surface area contributed by atoms with Crippen molar-refractivity contribution in [2.24, 2.45) is 0 Å². The summed E-state index contributed by atoms with van der Waals surface area (Å²) in [6.07, 6.45) is 2.67.